The molecule has 130 valence electrons. The number of imide groups is 1. The number of anilines is 1. The van der Waals surface area contributed by atoms with Crippen molar-refractivity contribution in [1.29, 1.82) is 0 Å². The number of allylic oxidation sites excluding steroid dienone is 2. The van der Waals surface area contributed by atoms with Crippen molar-refractivity contribution in [1.82, 2.24) is 4.90 Å². The van der Waals surface area contributed by atoms with E-state index >= 15 is 0 Å². The maximum atomic E-state index is 12.4. The molecule has 5 nitrogen and oxygen atoms in total. The third-order valence-corrected chi connectivity index (χ3v) is 5.49. The van der Waals surface area contributed by atoms with Crippen LogP contribution in [-0.4, -0.2) is 34.9 Å². The van der Waals surface area contributed by atoms with Crippen molar-refractivity contribution >= 4 is 35.2 Å². The average Bonchev–Trinajstić information content (AvgIpc) is 2.86. The van der Waals surface area contributed by atoms with Gasteiger partial charge in [-0.15, -0.1) is 18.3 Å². The van der Waals surface area contributed by atoms with Gasteiger partial charge in [-0.05, 0) is 25.0 Å². The molecule has 1 aliphatic carbocycles. The lowest BCUT2D eigenvalue weighted by atomic mass is 9.85. The molecule has 0 spiro atoms. The Morgan fingerprint density at radius 1 is 1.20 bits per heavy atom. The van der Waals surface area contributed by atoms with Gasteiger partial charge in [-0.3, -0.25) is 19.3 Å². The van der Waals surface area contributed by atoms with Crippen LogP contribution >= 0.6 is 11.8 Å². The molecule has 1 fully saturated rings. The third kappa shape index (κ3) is 3.69. The van der Waals surface area contributed by atoms with E-state index in [0.717, 1.165) is 15.5 Å². The zero-order valence-corrected chi connectivity index (χ0v) is 14.6. The highest BCUT2D eigenvalue weighted by Crippen LogP contribution is 2.35. The van der Waals surface area contributed by atoms with Crippen molar-refractivity contribution in [2.24, 2.45) is 11.8 Å². The molecule has 3 rings (SSSR count). The van der Waals surface area contributed by atoms with Crippen LogP contribution in [0, 0.1) is 11.8 Å². The molecule has 0 bridgehead atoms. The number of fused-ring (bicyclic) bond motifs is 1. The normalized spacial score (nSPS) is 22.0. The van der Waals surface area contributed by atoms with Gasteiger partial charge >= 0.3 is 0 Å². The van der Waals surface area contributed by atoms with Gasteiger partial charge in [0.2, 0.25) is 17.7 Å². The van der Waals surface area contributed by atoms with E-state index in [-0.39, 0.29) is 36.1 Å². The van der Waals surface area contributed by atoms with Gasteiger partial charge in [0, 0.05) is 10.6 Å². The van der Waals surface area contributed by atoms with Gasteiger partial charge in [-0.25, -0.2) is 0 Å². The minimum Gasteiger partial charge on any atom is -0.324 e. The van der Waals surface area contributed by atoms with E-state index in [0.29, 0.717) is 18.5 Å². The SMILES string of the molecule is C=CCSc1ccccc1NC(=O)CN1C(=O)C2CC=CCC2C1=O. The van der Waals surface area contributed by atoms with E-state index in [1.165, 1.54) is 0 Å². The average molecular weight is 356 g/mol. The Morgan fingerprint density at radius 2 is 1.84 bits per heavy atom. The van der Waals surface area contributed by atoms with E-state index in [9.17, 15) is 14.4 Å². The number of thioether (sulfide) groups is 1. The lowest BCUT2D eigenvalue weighted by Gasteiger charge is -2.15. The van der Waals surface area contributed by atoms with Crippen molar-refractivity contribution in [2.45, 2.75) is 17.7 Å². The Kier molecular flexibility index (Phi) is 5.38. The van der Waals surface area contributed by atoms with E-state index in [2.05, 4.69) is 11.9 Å². The van der Waals surface area contributed by atoms with E-state index in [1.54, 1.807) is 23.9 Å². The molecule has 1 aromatic carbocycles. The highest BCUT2D eigenvalue weighted by molar-refractivity contribution is 7.99. The summed E-state index contributed by atoms with van der Waals surface area (Å²) in [5.74, 6) is -0.708. The Bertz CT molecular complexity index is 718. The van der Waals surface area contributed by atoms with Gasteiger partial charge in [0.1, 0.15) is 6.54 Å². The van der Waals surface area contributed by atoms with Crippen LogP contribution in [0.25, 0.3) is 0 Å². The second kappa shape index (κ2) is 7.70. The quantitative estimate of drug-likeness (QED) is 0.483. The summed E-state index contributed by atoms with van der Waals surface area (Å²) in [5.41, 5.74) is 0.678. The van der Waals surface area contributed by atoms with Crippen LogP contribution in [0.5, 0.6) is 0 Å². The topological polar surface area (TPSA) is 66.5 Å². The number of nitrogens with zero attached hydrogens (tertiary/aromatic N) is 1. The summed E-state index contributed by atoms with van der Waals surface area (Å²) >= 11 is 1.56. The number of hydrogen-bond acceptors (Lipinski definition) is 4. The molecule has 1 aromatic rings. The molecule has 6 heteroatoms. The fraction of sp³-hybridized carbons (Fsp3) is 0.316. The van der Waals surface area contributed by atoms with Crippen LogP contribution in [0.4, 0.5) is 5.69 Å². The molecule has 2 unspecified atom stereocenters. The number of likely N-dealkylation sites (tertiary alicyclic amines) is 1. The molecular weight excluding hydrogens is 336 g/mol. The summed E-state index contributed by atoms with van der Waals surface area (Å²) < 4.78 is 0. The Labute approximate surface area is 151 Å². The van der Waals surface area contributed by atoms with Crippen molar-refractivity contribution in [3.8, 4) is 0 Å². The first kappa shape index (κ1) is 17.5. The summed E-state index contributed by atoms with van der Waals surface area (Å²) in [7, 11) is 0. The summed E-state index contributed by atoms with van der Waals surface area (Å²) in [5, 5.41) is 2.81. The van der Waals surface area contributed by atoms with E-state index < -0.39 is 0 Å². The molecule has 0 saturated carbocycles. The summed E-state index contributed by atoms with van der Waals surface area (Å²) in [4.78, 5) is 39.3. The van der Waals surface area contributed by atoms with Crippen molar-refractivity contribution in [3.05, 3.63) is 49.1 Å². The molecular formula is C19H20N2O3S. The first-order chi connectivity index (χ1) is 12.1. The van der Waals surface area contributed by atoms with Crippen molar-refractivity contribution in [2.75, 3.05) is 17.6 Å². The van der Waals surface area contributed by atoms with Crippen LogP contribution in [-0.2, 0) is 14.4 Å². The lowest BCUT2D eigenvalue weighted by Crippen LogP contribution is -2.38. The maximum Gasteiger partial charge on any atom is 0.244 e. The highest BCUT2D eigenvalue weighted by Gasteiger charge is 2.47. The fourth-order valence-electron chi connectivity index (χ4n) is 3.20. The minimum absolute atomic E-state index is 0.231. The van der Waals surface area contributed by atoms with Gasteiger partial charge in [0.05, 0.1) is 17.5 Å². The molecule has 0 aromatic heterocycles. The smallest absolute Gasteiger partial charge is 0.244 e. The molecule has 2 atom stereocenters. The van der Waals surface area contributed by atoms with Crippen LogP contribution < -0.4 is 5.32 Å². The summed E-state index contributed by atoms with van der Waals surface area (Å²) in [6.07, 6.45) is 6.81. The van der Waals surface area contributed by atoms with Crippen molar-refractivity contribution in [3.63, 3.8) is 0 Å². The first-order valence-electron chi connectivity index (χ1n) is 8.24. The Hall–Kier alpha value is -2.34. The van der Waals surface area contributed by atoms with Gasteiger partial charge in [0.25, 0.3) is 0 Å². The second-order valence-corrected chi connectivity index (χ2v) is 7.12. The molecule has 1 saturated heterocycles. The van der Waals surface area contributed by atoms with Crippen LogP contribution in [0.2, 0.25) is 0 Å². The predicted octanol–water partition coefficient (Wildman–Crippen LogP) is 2.85. The van der Waals surface area contributed by atoms with E-state index in [1.807, 2.05) is 30.4 Å². The molecule has 3 amide bonds. The summed E-state index contributed by atoms with van der Waals surface area (Å²) in [6, 6.07) is 7.45. The Balaban J connectivity index is 1.66. The minimum atomic E-state index is -0.361. The van der Waals surface area contributed by atoms with Gasteiger partial charge in [-0.1, -0.05) is 30.4 Å². The number of amides is 3. The zero-order chi connectivity index (χ0) is 17.8. The monoisotopic (exact) mass is 356 g/mol. The van der Waals surface area contributed by atoms with E-state index in [4.69, 9.17) is 0 Å². The molecule has 25 heavy (non-hydrogen) atoms. The maximum absolute atomic E-state index is 12.4. The number of benzene rings is 1. The summed E-state index contributed by atoms with van der Waals surface area (Å²) in [6.45, 7) is 3.46. The predicted molar refractivity (Wildman–Crippen MR) is 98.1 cm³/mol. The zero-order valence-electron chi connectivity index (χ0n) is 13.8. The van der Waals surface area contributed by atoms with Crippen LogP contribution in [0.1, 0.15) is 12.8 Å². The molecule has 1 heterocycles. The number of carbonyl (C=O) groups excluding carboxylic acids is 3. The number of para-hydroxylation sites is 1. The first-order valence-corrected chi connectivity index (χ1v) is 9.23. The van der Waals surface area contributed by atoms with Crippen LogP contribution in [0.3, 0.4) is 0 Å². The van der Waals surface area contributed by atoms with Crippen molar-refractivity contribution < 1.29 is 14.4 Å². The largest absolute Gasteiger partial charge is 0.324 e. The lowest BCUT2D eigenvalue weighted by molar-refractivity contribution is -0.142. The van der Waals surface area contributed by atoms with Gasteiger partial charge in [0.15, 0.2) is 0 Å². The number of hydrogen-bond donors (Lipinski definition) is 1. The molecule has 1 N–H and O–H groups in total. The molecule has 1 aliphatic heterocycles. The highest BCUT2D eigenvalue weighted by atomic mass is 32.2. The third-order valence-electron chi connectivity index (χ3n) is 4.42. The molecule has 0 radical (unpaired) electrons. The number of carbonyl (C=O) groups is 3. The van der Waals surface area contributed by atoms with Gasteiger partial charge < -0.3 is 5.32 Å². The number of nitrogens with one attached hydrogen (secondary N) is 1. The standard InChI is InChI=1S/C19H20N2O3S/c1-2-11-25-16-10-6-5-9-15(16)20-17(22)12-21-18(23)13-7-3-4-8-14(13)19(21)24/h2-6,9-10,13-14H,1,7-8,11-12H2,(H,20,22). The van der Waals surface area contributed by atoms with Crippen LogP contribution in [0.15, 0.2) is 54.0 Å². The second-order valence-electron chi connectivity index (χ2n) is 6.06. The van der Waals surface area contributed by atoms with Gasteiger partial charge in [-0.2, -0.15) is 0 Å². The fourth-order valence-corrected chi connectivity index (χ4v) is 3.95. The number of rotatable bonds is 6. The molecule has 2 aliphatic rings. The Morgan fingerprint density at radius 3 is 2.48 bits per heavy atom.